The second-order valence-electron chi connectivity index (χ2n) is 15.6. The third kappa shape index (κ3) is 13.9. The Labute approximate surface area is 348 Å². The van der Waals surface area contributed by atoms with E-state index < -0.39 is 72.5 Å². The summed E-state index contributed by atoms with van der Waals surface area (Å²) in [6, 6.07) is 11.3. The summed E-state index contributed by atoms with van der Waals surface area (Å²) in [6.45, 7) is 8.90. The fourth-order valence-corrected chi connectivity index (χ4v) is 7.90. The number of halogens is 1. The Morgan fingerprint density at radius 3 is 2.29 bits per heavy atom. The van der Waals surface area contributed by atoms with Crippen molar-refractivity contribution in [3.8, 4) is 0 Å². The first-order valence-corrected chi connectivity index (χ1v) is 20.8. The van der Waals surface area contributed by atoms with Crippen LogP contribution in [0.2, 0.25) is 0 Å². The number of hydrogen-bond donors (Lipinski definition) is 3. The summed E-state index contributed by atoms with van der Waals surface area (Å²) in [5.41, 5.74) is 0.983. The molecule has 2 heterocycles. The van der Waals surface area contributed by atoms with Crippen LogP contribution in [0.25, 0.3) is 0 Å². The first-order chi connectivity index (χ1) is 28.0. The number of nitrogens with zero attached hydrogens (tertiary/aromatic N) is 3. The lowest BCUT2D eigenvalue weighted by Gasteiger charge is -2.39. The zero-order valence-electron chi connectivity index (χ0n) is 34.5. The Hall–Kier alpha value is -5.22. The van der Waals surface area contributed by atoms with E-state index >= 15 is 0 Å². The Morgan fingerprint density at radius 2 is 1.68 bits per heavy atom. The monoisotopic (exact) mass is 837 g/mol. The smallest absolute Gasteiger partial charge is 0.339 e. The highest BCUT2D eigenvalue weighted by Gasteiger charge is 2.39. The van der Waals surface area contributed by atoms with Crippen molar-refractivity contribution >= 4 is 47.0 Å². The molecule has 0 spiro atoms. The van der Waals surface area contributed by atoms with Crippen LogP contribution >= 0.6 is 11.3 Å². The number of amides is 3. The molecule has 1 aromatic heterocycles. The molecule has 1 aliphatic rings. The van der Waals surface area contributed by atoms with Crippen molar-refractivity contribution in [2.24, 2.45) is 11.8 Å². The molecule has 0 radical (unpaired) electrons. The molecule has 3 amide bonds. The number of thiazole rings is 1. The zero-order chi connectivity index (χ0) is 43.2. The van der Waals surface area contributed by atoms with E-state index in [1.807, 2.05) is 39.6 Å². The molecule has 3 N–H and O–H groups in total. The van der Waals surface area contributed by atoms with Gasteiger partial charge in [-0.3, -0.25) is 28.9 Å². The molecular weight excluding hydrogens is 782 g/mol. The number of carbonyl (C=O) groups is 6. The third-order valence-corrected chi connectivity index (χ3v) is 11.3. The van der Waals surface area contributed by atoms with Gasteiger partial charge in [-0.1, -0.05) is 64.4 Å². The van der Waals surface area contributed by atoms with E-state index in [4.69, 9.17) is 9.47 Å². The number of aliphatic carboxylic acids is 1. The maximum atomic E-state index is 14.7. The number of nitrogens with one attached hydrogen (secondary N) is 2. The number of ether oxygens (including phenoxy) is 2. The number of carbonyl (C=O) groups excluding carboxylic acids is 5. The van der Waals surface area contributed by atoms with Gasteiger partial charge in [0.25, 0.3) is 5.91 Å². The van der Waals surface area contributed by atoms with Gasteiger partial charge in [0.15, 0.2) is 12.8 Å². The first kappa shape index (κ1) is 46.5. The van der Waals surface area contributed by atoms with Crippen molar-refractivity contribution in [1.82, 2.24) is 25.4 Å². The van der Waals surface area contributed by atoms with Gasteiger partial charge < -0.3 is 30.1 Å². The van der Waals surface area contributed by atoms with Crippen molar-refractivity contribution in [3.05, 3.63) is 87.6 Å². The minimum absolute atomic E-state index is 0.00247. The summed E-state index contributed by atoms with van der Waals surface area (Å²) >= 11 is 1.07. The number of esters is 2. The maximum Gasteiger partial charge on any atom is 0.339 e. The highest BCUT2D eigenvalue weighted by atomic mass is 32.1. The van der Waals surface area contributed by atoms with Crippen molar-refractivity contribution in [2.75, 3.05) is 20.3 Å². The standard InChI is InChI=1S/C43H56FN5O9S/c1-26(2)35(49(25-57-43(56)30-12-8-7-9-13-30)42(55)38(27(3)4)47-40(54)34-14-10-11-21-48(34)6)23-36(58-28(5)50)41-46-33(24-59-41)39(53)45-32(19-20-37(51)52)22-29-15-17-31(44)18-16-29/h7-9,12-13,15-18,24,26-27,32,34-36,38H,10-11,14,19-23,25H2,1-6H3,(H,45,53)(H,47,54)(H,51,52). The molecule has 5 atom stereocenters. The number of likely N-dealkylation sites (tertiary alicyclic amines) is 1. The summed E-state index contributed by atoms with van der Waals surface area (Å²) < 4.78 is 25.1. The quantitative estimate of drug-likeness (QED) is 0.0927. The summed E-state index contributed by atoms with van der Waals surface area (Å²) in [6.07, 6.45) is 1.61. The lowest BCUT2D eigenvalue weighted by Crippen LogP contribution is -2.59. The second-order valence-corrected chi connectivity index (χ2v) is 16.5. The Morgan fingerprint density at radius 1 is 0.983 bits per heavy atom. The van der Waals surface area contributed by atoms with Crippen LogP contribution in [-0.4, -0.2) is 100 Å². The summed E-state index contributed by atoms with van der Waals surface area (Å²) in [5.74, 6) is -4.75. The SMILES string of the molecule is CC(=O)OC(CC(C(C)C)N(COC(=O)c1ccccc1)C(=O)C(NC(=O)C1CCCCN1C)C(C)C)c1nc(C(=O)NC(CCC(=O)O)Cc2ccc(F)cc2)cs1. The van der Waals surface area contributed by atoms with E-state index in [1.165, 1.54) is 29.3 Å². The van der Waals surface area contributed by atoms with Crippen LogP contribution in [0, 0.1) is 17.7 Å². The van der Waals surface area contributed by atoms with Gasteiger partial charge in [-0.2, -0.15) is 0 Å². The molecule has 59 heavy (non-hydrogen) atoms. The van der Waals surface area contributed by atoms with Crippen LogP contribution in [0.3, 0.4) is 0 Å². The molecule has 320 valence electrons. The number of benzene rings is 2. The van der Waals surface area contributed by atoms with Crippen LogP contribution in [0.4, 0.5) is 4.39 Å². The Bertz CT molecular complexity index is 1890. The van der Waals surface area contributed by atoms with Crippen molar-refractivity contribution < 1.29 is 47.7 Å². The molecule has 5 unspecified atom stereocenters. The Balaban J connectivity index is 1.62. The number of carboxylic acids is 1. The van der Waals surface area contributed by atoms with Crippen LogP contribution in [-0.2, 0) is 35.1 Å². The third-order valence-electron chi connectivity index (χ3n) is 10.3. The molecule has 14 nitrogen and oxygen atoms in total. The molecule has 2 aromatic carbocycles. The highest BCUT2D eigenvalue weighted by molar-refractivity contribution is 7.09. The summed E-state index contributed by atoms with van der Waals surface area (Å²) in [7, 11) is 1.88. The molecule has 0 bridgehead atoms. The summed E-state index contributed by atoms with van der Waals surface area (Å²) in [5, 5.41) is 16.9. The number of likely N-dealkylation sites (N-methyl/N-ethyl adjacent to an activating group) is 1. The van der Waals surface area contributed by atoms with Crippen LogP contribution in [0.5, 0.6) is 0 Å². The van der Waals surface area contributed by atoms with Crippen LogP contribution in [0.15, 0.2) is 60.0 Å². The van der Waals surface area contributed by atoms with Gasteiger partial charge in [-0.15, -0.1) is 11.3 Å². The van der Waals surface area contributed by atoms with E-state index in [0.29, 0.717) is 12.0 Å². The molecular formula is C43H56FN5O9S. The van der Waals surface area contributed by atoms with Gasteiger partial charge in [0.1, 0.15) is 22.6 Å². The molecule has 0 aliphatic carbocycles. The minimum Gasteiger partial charge on any atom is -0.481 e. The van der Waals surface area contributed by atoms with Gasteiger partial charge in [0.05, 0.1) is 11.6 Å². The van der Waals surface area contributed by atoms with Gasteiger partial charge in [-0.05, 0) is 80.9 Å². The molecule has 4 rings (SSSR count). The lowest BCUT2D eigenvalue weighted by molar-refractivity contribution is -0.151. The van der Waals surface area contributed by atoms with E-state index in [1.54, 1.807) is 42.5 Å². The predicted molar refractivity (Wildman–Crippen MR) is 219 cm³/mol. The topological polar surface area (TPSA) is 185 Å². The zero-order valence-corrected chi connectivity index (χ0v) is 35.3. The first-order valence-electron chi connectivity index (χ1n) is 20.0. The molecule has 16 heteroatoms. The average Bonchev–Trinajstić information content (AvgIpc) is 3.69. The average molecular weight is 838 g/mol. The second kappa shape index (κ2) is 22.2. The summed E-state index contributed by atoms with van der Waals surface area (Å²) in [4.78, 5) is 87.0. The van der Waals surface area contributed by atoms with Crippen molar-refractivity contribution in [2.45, 2.75) is 110 Å². The number of carboxylic acid groups (broad SMARTS) is 1. The minimum atomic E-state index is -1.04. The van der Waals surface area contributed by atoms with Gasteiger partial charge in [0, 0.05) is 37.2 Å². The number of rotatable bonds is 20. The molecule has 1 aliphatic heterocycles. The number of hydrogen-bond acceptors (Lipinski definition) is 11. The largest absolute Gasteiger partial charge is 0.481 e. The van der Waals surface area contributed by atoms with Gasteiger partial charge >= 0.3 is 17.9 Å². The number of piperidine rings is 1. The molecule has 0 saturated carbocycles. The maximum absolute atomic E-state index is 14.7. The normalized spacial score (nSPS) is 16.4. The van der Waals surface area contributed by atoms with E-state index in [9.17, 15) is 38.3 Å². The predicted octanol–water partition coefficient (Wildman–Crippen LogP) is 5.78. The number of aromatic nitrogens is 1. The van der Waals surface area contributed by atoms with E-state index in [-0.39, 0.29) is 59.7 Å². The van der Waals surface area contributed by atoms with Crippen LogP contribution < -0.4 is 10.6 Å². The fraction of sp³-hybridized carbons (Fsp3) is 0.512. The molecule has 1 saturated heterocycles. The molecule has 3 aromatic rings. The van der Waals surface area contributed by atoms with Crippen LogP contribution in [0.1, 0.15) is 111 Å². The Kier molecular flexibility index (Phi) is 17.5. The van der Waals surface area contributed by atoms with Crippen molar-refractivity contribution in [3.63, 3.8) is 0 Å². The van der Waals surface area contributed by atoms with Crippen molar-refractivity contribution in [1.29, 1.82) is 0 Å². The lowest BCUT2D eigenvalue weighted by atomic mass is 9.93. The van der Waals surface area contributed by atoms with Gasteiger partial charge in [-0.25, -0.2) is 14.2 Å². The van der Waals surface area contributed by atoms with E-state index in [0.717, 1.165) is 30.7 Å². The van der Waals surface area contributed by atoms with E-state index in [2.05, 4.69) is 15.6 Å². The van der Waals surface area contributed by atoms with Gasteiger partial charge in [0.2, 0.25) is 11.8 Å². The fourth-order valence-electron chi connectivity index (χ4n) is 7.06. The highest BCUT2D eigenvalue weighted by Crippen LogP contribution is 2.32. The molecule has 1 fully saturated rings.